The summed E-state index contributed by atoms with van der Waals surface area (Å²) in [5.41, 5.74) is 2.58. The van der Waals surface area contributed by atoms with Crippen LogP contribution in [-0.2, 0) is 16.3 Å². The monoisotopic (exact) mass is 388 g/mol. The summed E-state index contributed by atoms with van der Waals surface area (Å²) in [6, 6.07) is 14.7. The standard InChI is InChI=1S/C21H28N2O3S/c1-4-16-27(25,26)20-10-6-5-9-19(20)21(24)22-15-7-8-17-11-13-18(14-12-17)23(2)3/h5-6,9-14H,4,7-8,15-16H2,1-3H3,(H,22,24). The van der Waals surface area contributed by atoms with Crippen LogP contribution in [0, 0.1) is 0 Å². The van der Waals surface area contributed by atoms with Gasteiger partial charge in [0.15, 0.2) is 9.84 Å². The molecule has 0 atom stereocenters. The summed E-state index contributed by atoms with van der Waals surface area (Å²) < 4.78 is 24.7. The highest BCUT2D eigenvalue weighted by Crippen LogP contribution is 2.18. The Hall–Kier alpha value is -2.34. The number of carbonyl (C=O) groups is 1. The van der Waals surface area contributed by atoms with Gasteiger partial charge in [0.05, 0.1) is 16.2 Å². The molecule has 0 aliphatic heterocycles. The van der Waals surface area contributed by atoms with Gasteiger partial charge in [-0.3, -0.25) is 4.79 Å². The van der Waals surface area contributed by atoms with E-state index >= 15 is 0 Å². The van der Waals surface area contributed by atoms with Gasteiger partial charge in [0, 0.05) is 26.3 Å². The SMILES string of the molecule is CCCS(=O)(=O)c1ccccc1C(=O)NCCCc1ccc(N(C)C)cc1. The molecule has 6 heteroatoms. The number of sulfone groups is 1. The van der Waals surface area contributed by atoms with Crippen LogP contribution >= 0.6 is 0 Å². The van der Waals surface area contributed by atoms with Gasteiger partial charge in [-0.05, 0) is 49.1 Å². The lowest BCUT2D eigenvalue weighted by atomic mass is 10.1. The molecule has 0 saturated carbocycles. The first-order valence-electron chi connectivity index (χ1n) is 9.21. The highest BCUT2D eigenvalue weighted by atomic mass is 32.2. The summed E-state index contributed by atoms with van der Waals surface area (Å²) in [4.78, 5) is 14.6. The summed E-state index contributed by atoms with van der Waals surface area (Å²) >= 11 is 0. The molecule has 0 radical (unpaired) electrons. The Labute approximate surface area is 162 Å². The first kappa shape index (κ1) is 21.0. The highest BCUT2D eigenvalue weighted by molar-refractivity contribution is 7.91. The van der Waals surface area contributed by atoms with E-state index in [0.717, 1.165) is 18.5 Å². The van der Waals surface area contributed by atoms with Crippen LogP contribution in [0.15, 0.2) is 53.4 Å². The fraction of sp³-hybridized carbons (Fsp3) is 0.381. The molecule has 0 spiro atoms. The van der Waals surface area contributed by atoms with Gasteiger partial charge < -0.3 is 10.2 Å². The Balaban J connectivity index is 1.93. The van der Waals surface area contributed by atoms with Crippen LogP contribution in [0.4, 0.5) is 5.69 Å². The third kappa shape index (κ3) is 5.82. The molecule has 0 aliphatic rings. The van der Waals surface area contributed by atoms with Crippen molar-refractivity contribution in [3.63, 3.8) is 0 Å². The van der Waals surface area contributed by atoms with Crippen molar-refractivity contribution in [2.24, 2.45) is 0 Å². The topological polar surface area (TPSA) is 66.5 Å². The molecule has 2 rings (SSSR count). The predicted molar refractivity (Wildman–Crippen MR) is 110 cm³/mol. The van der Waals surface area contributed by atoms with Crippen molar-refractivity contribution in [1.82, 2.24) is 5.32 Å². The van der Waals surface area contributed by atoms with E-state index in [-0.39, 0.29) is 22.1 Å². The number of hydrogen-bond acceptors (Lipinski definition) is 4. The van der Waals surface area contributed by atoms with Gasteiger partial charge >= 0.3 is 0 Å². The van der Waals surface area contributed by atoms with E-state index < -0.39 is 9.84 Å². The van der Waals surface area contributed by atoms with Crippen molar-refractivity contribution in [3.05, 3.63) is 59.7 Å². The maximum absolute atomic E-state index is 12.5. The minimum absolute atomic E-state index is 0.0419. The number of carbonyl (C=O) groups excluding carboxylic acids is 1. The van der Waals surface area contributed by atoms with Crippen LogP contribution < -0.4 is 10.2 Å². The maximum Gasteiger partial charge on any atom is 0.252 e. The Kier molecular flexibility index (Phi) is 7.42. The first-order valence-corrected chi connectivity index (χ1v) is 10.9. The summed E-state index contributed by atoms with van der Waals surface area (Å²) in [6.45, 7) is 2.31. The fourth-order valence-corrected chi connectivity index (χ4v) is 4.39. The quantitative estimate of drug-likeness (QED) is 0.670. The molecule has 146 valence electrons. The number of nitrogens with one attached hydrogen (secondary N) is 1. The fourth-order valence-electron chi connectivity index (χ4n) is 2.85. The van der Waals surface area contributed by atoms with E-state index in [2.05, 4.69) is 29.6 Å². The zero-order valence-corrected chi connectivity index (χ0v) is 17.1. The van der Waals surface area contributed by atoms with E-state index in [1.54, 1.807) is 18.2 Å². The van der Waals surface area contributed by atoms with Crippen LogP contribution in [0.5, 0.6) is 0 Å². The van der Waals surface area contributed by atoms with E-state index in [9.17, 15) is 13.2 Å². The van der Waals surface area contributed by atoms with Gasteiger partial charge in [-0.25, -0.2) is 8.42 Å². The lowest BCUT2D eigenvalue weighted by Crippen LogP contribution is -2.26. The number of amides is 1. The number of hydrogen-bond donors (Lipinski definition) is 1. The minimum atomic E-state index is -3.44. The summed E-state index contributed by atoms with van der Waals surface area (Å²) in [5, 5.41) is 2.84. The molecule has 2 aromatic carbocycles. The highest BCUT2D eigenvalue weighted by Gasteiger charge is 2.21. The smallest absolute Gasteiger partial charge is 0.252 e. The van der Waals surface area contributed by atoms with Gasteiger partial charge in [0.1, 0.15) is 0 Å². The molecule has 1 N–H and O–H groups in total. The molecule has 0 saturated heterocycles. The second-order valence-electron chi connectivity index (χ2n) is 6.74. The van der Waals surface area contributed by atoms with Crippen LogP contribution in [-0.4, -0.2) is 40.7 Å². The lowest BCUT2D eigenvalue weighted by Gasteiger charge is -2.13. The Morgan fingerprint density at radius 2 is 1.70 bits per heavy atom. The molecule has 0 fully saturated rings. The van der Waals surface area contributed by atoms with Gasteiger partial charge in [-0.1, -0.05) is 31.2 Å². The molecule has 5 nitrogen and oxygen atoms in total. The number of anilines is 1. The molecule has 0 aromatic heterocycles. The molecule has 0 heterocycles. The van der Waals surface area contributed by atoms with Gasteiger partial charge in [-0.15, -0.1) is 0 Å². The van der Waals surface area contributed by atoms with Crippen molar-refractivity contribution in [1.29, 1.82) is 0 Å². The molecule has 0 unspecified atom stereocenters. The van der Waals surface area contributed by atoms with Gasteiger partial charge in [0.25, 0.3) is 5.91 Å². The summed E-state index contributed by atoms with van der Waals surface area (Å²) in [6.07, 6.45) is 2.16. The van der Waals surface area contributed by atoms with Crippen LogP contribution in [0.25, 0.3) is 0 Å². The van der Waals surface area contributed by atoms with Crippen molar-refractivity contribution in [2.75, 3.05) is 31.3 Å². The van der Waals surface area contributed by atoms with Crippen LogP contribution in [0.1, 0.15) is 35.7 Å². The number of rotatable bonds is 9. The van der Waals surface area contributed by atoms with Crippen molar-refractivity contribution >= 4 is 21.4 Å². The normalized spacial score (nSPS) is 11.2. The summed E-state index contributed by atoms with van der Waals surface area (Å²) in [5.74, 6) is -0.298. The lowest BCUT2D eigenvalue weighted by molar-refractivity contribution is 0.0950. The third-order valence-electron chi connectivity index (χ3n) is 4.32. The number of aryl methyl sites for hydroxylation is 1. The Morgan fingerprint density at radius 1 is 1.04 bits per heavy atom. The molecule has 0 aliphatic carbocycles. The second-order valence-corrected chi connectivity index (χ2v) is 8.81. The third-order valence-corrected chi connectivity index (χ3v) is 6.29. The van der Waals surface area contributed by atoms with Crippen molar-refractivity contribution in [2.45, 2.75) is 31.1 Å². The van der Waals surface area contributed by atoms with E-state index in [0.29, 0.717) is 13.0 Å². The first-order chi connectivity index (χ1) is 12.8. The van der Waals surface area contributed by atoms with Gasteiger partial charge in [-0.2, -0.15) is 0 Å². The van der Waals surface area contributed by atoms with Crippen molar-refractivity contribution in [3.8, 4) is 0 Å². The van der Waals surface area contributed by atoms with Crippen LogP contribution in [0.3, 0.4) is 0 Å². The zero-order valence-electron chi connectivity index (χ0n) is 16.2. The van der Waals surface area contributed by atoms with Crippen LogP contribution in [0.2, 0.25) is 0 Å². The van der Waals surface area contributed by atoms with E-state index in [1.165, 1.54) is 11.6 Å². The number of benzene rings is 2. The predicted octanol–water partition coefficient (Wildman–Crippen LogP) is 3.30. The van der Waals surface area contributed by atoms with E-state index in [4.69, 9.17) is 0 Å². The van der Waals surface area contributed by atoms with Crippen molar-refractivity contribution < 1.29 is 13.2 Å². The molecule has 27 heavy (non-hydrogen) atoms. The average molecular weight is 389 g/mol. The second kappa shape index (κ2) is 9.55. The zero-order chi connectivity index (χ0) is 19.9. The minimum Gasteiger partial charge on any atom is -0.378 e. The number of nitrogens with zero attached hydrogens (tertiary/aromatic N) is 1. The molecular weight excluding hydrogens is 360 g/mol. The average Bonchev–Trinajstić information content (AvgIpc) is 2.65. The molecule has 0 bridgehead atoms. The molecule has 2 aromatic rings. The summed E-state index contributed by atoms with van der Waals surface area (Å²) in [7, 11) is 0.571. The molecule has 1 amide bonds. The van der Waals surface area contributed by atoms with Gasteiger partial charge in [0.2, 0.25) is 0 Å². The van der Waals surface area contributed by atoms with E-state index in [1.807, 2.05) is 25.9 Å². The Bertz CT molecular complexity index is 859. The molecular formula is C21H28N2O3S. The maximum atomic E-state index is 12.5. The largest absolute Gasteiger partial charge is 0.378 e. The Morgan fingerprint density at radius 3 is 2.33 bits per heavy atom.